The number of fused-ring (bicyclic) bond motifs is 1. The molecule has 1 aliphatic rings. The van der Waals surface area contributed by atoms with Gasteiger partial charge in [0.25, 0.3) is 0 Å². The van der Waals surface area contributed by atoms with Crippen molar-refractivity contribution in [2.75, 3.05) is 11.9 Å². The molecule has 1 N–H and O–H groups in total. The van der Waals surface area contributed by atoms with E-state index in [1.165, 1.54) is 0 Å². The van der Waals surface area contributed by atoms with Crippen molar-refractivity contribution in [3.05, 3.63) is 63.1 Å². The Hall–Kier alpha value is -2.37. The summed E-state index contributed by atoms with van der Waals surface area (Å²) in [4.78, 5) is 35.9. The summed E-state index contributed by atoms with van der Waals surface area (Å²) in [5.41, 5.74) is 2.30. The second-order valence-electron chi connectivity index (χ2n) is 5.97. The number of hydrogen-bond acceptors (Lipinski definition) is 4. The van der Waals surface area contributed by atoms with Crippen LogP contribution in [-0.2, 0) is 20.7 Å². The second-order valence-corrected chi connectivity index (χ2v) is 6.79. The lowest BCUT2D eigenvalue weighted by atomic mass is 9.99. The number of nitrogens with one attached hydrogen (secondary N) is 1. The zero-order chi connectivity index (χ0) is 18.8. The van der Waals surface area contributed by atoms with E-state index < -0.39 is 12.6 Å². The van der Waals surface area contributed by atoms with Gasteiger partial charge in [-0.3, -0.25) is 14.4 Å². The SMILES string of the molecule is C[C@@H]1C(=O)Nc2ccc(C(=O)COC(=O)Cc3c(Cl)cccc3Cl)cc21. The van der Waals surface area contributed by atoms with E-state index in [9.17, 15) is 14.4 Å². The number of anilines is 1. The van der Waals surface area contributed by atoms with Gasteiger partial charge in [-0.25, -0.2) is 0 Å². The number of amides is 1. The maximum atomic E-state index is 12.3. The molecule has 2 aromatic carbocycles. The molecule has 3 rings (SSSR count). The van der Waals surface area contributed by atoms with Crippen LogP contribution in [0.3, 0.4) is 0 Å². The third kappa shape index (κ3) is 3.74. The Kier molecular flexibility index (Phi) is 5.30. The van der Waals surface area contributed by atoms with Gasteiger partial charge in [-0.2, -0.15) is 0 Å². The molecule has 2 aromatic rings. The second kappa shape index (κ2) is 7.48. The van der Waals surface area contributed by atoms with E-state index >= 15 is 0 Å². The highest BCUT2D eigenvalue weighted by atomic mass is 35.5. The van der Waals surface area contributed by atoms with Crippen molar-refractivity contribution >= 4 is 46.5 Å². The summed E-state index contributed by atoms with van der Waals surface area (Å²) < 4.78 is 5.05. The Bertz CT molecular complexity index is 890. The van der Waals surface area contributed by atoms with Crippen LogP contribution in [0.15, 0.2) is 36.4 Å². The minimum atomic E-state index is -0.597. The molecule has 1 heterocycles. The first-order valence-corrected chi connectivity index (χ1v) is 8.69. The van der Waals surface area contributed by atoms with Gasteiger partial charge < -0.3 is 10.1 Å². The molecule has 0 spiro atoms. The van der Waals surface area contributed by atoms with E-state index in [1.807, 2.05) is 0 Å². The average Bonchev–Trinajstić information content (AvgIpc) is 2.90. The fourth-order valence-electron chi connectivity index (χ4n) is 2.72. The third-order valence-corrected chi connectivity index (χ3v) is 4.95. The number of esters is 1. The number of hydrogen-bond donors (Lipinski definition) is 1. The van der Waals surface area contributed by atoms with Crippen LogP contribution in [-0.4, -0.2) is 24.3 Å². The van der Waals surface area contributed by atoms with Gasteiger partial charge in [0, 0.05) is 26.9 Å². The number of Topliss-reactive ketones (excluding diaryl/α,β-unsaturated/α-hetero) is 1. The first kappa shape index (κ1) is 18.4. The lowest BCUT2D eigenvalue weighted by Gasteiger charge is -2.08. The first-order valence-electron chi connectivity index (χ1n) is 7.93. The molecule has 1 amide bonds. The Balaban J connectivity index is 1.63. The summed E-state index contributed by atoms with van der Waals surface area (Å²) in [7, 11) is 0. The first-order chi connectivity index (χ1) is 12.4. The minimum absolute atomic E-state index is 0.104. The lowest BCUT2D eigenvalue weighted by molar-refractivity contribution is -0.141. The predicted octanol–water partition coefficient (Wildman–Crippen LogP) is 4.02. The number of rotatable bonds is 5. The van der Waals surface area contributed by atoms with Crippen molar-refractivity contribution in [1.29, 1.82) is 0 Å². The molecule has 0 bridgehead atoms. The highest BCUT2D eigenvalue weighted by Crippen LogP contribution is 2.32. The maximum Gasteiger partial charge on any atom is 0.310 e. The van der Waals surface area contributed by atoms with Crippen LogP contribution >= 0.6 is 23.2 Å². The van der Waals surface area contributed by atoms with Gasteiger partial charge >= 0.3 is 5.97 Å². The summed E-state index contributed by atoms with van der Waals surface area (Å²) in [6.45, 7) is 1.37. The van der Waals surface area contributed by atoms with Crippen molar-refractivity contribution < 1.29 is 19.1 Å². The van der Waals surface area contributed by atoms with Crippen molar-refractivity contribution in [2.45, 2.75) is 19.3 Å². The topological polar surface area (TPSA) is 72.5 Å². The predicted molar refractivity (Wildman–Crippen MR) is 98.9 cm³/mol. The van der Waals surface area contributed by atoms with E-state index in [2.05, 4.69) is 5.32 Å². The highest BCUT2D eigenvalue weighted by molar-refractivity contribution is 6.36. The van der Waals surface area contributed by atoms with E-state index in [0.29, 0.717) is 26.9 Å². The number of carbonyl (C=O) groups is 3. The summed E-state index contributed by atoms with van der Waals surface area (Å²) >= 11 is 12.0. The Morgan fingerprint density at radius 1 is 1.15 bits per heavy atom. The summed E-state index contributed by atoms with van der Waals surface area (Å²) in [5.74, 6) is -1.37. The maximum absolute atomic E-state index is 12.3. The van der Waals surface area contributed by atoms with Gasteiger partial charge in [-0.05, 0) is 42.8 Å². The van der Waals surface area contributed by atoms with E-state index in [-0.39, 0.29) is 24.0 Å². The fourth-order valence-corrected chi connectivity index (χ4v) is 3.25. The normalized spacial score (nSPS) is 15.3. The molecule has 1 atom stereocenters. The number of ketones is 1. The van der Waals surface area contributed by atoms with Crippen molar-refractivity contribution in [1.82, 2.24) is 0 Å². The van der Waals surface area contributed by atoms with Crippen LogP contribution in [0, 0.1) is 0 Å². The Labute approximate surface area is 160 Å². The molecule has 0 aliphatic carbocycles. The lowest BCUT2D eigenvalue weighted by Crippen LogP contribution is -2.16. The molecule has 0 saturated heterocycles. The van der Waals surface area contributed by atoms with Gasteiger partial charge in [0.2, 0.25) is 5.91 Å². The van der Waals surface area contributed by atoms with Crippen LogP contribution in [0.2, 0.25) is 10.0 Å². The van der Waals surface area contributed by atoms with Crippen LogP contribution in [0.1, 0.15) is 34.3 Å². The van der Waals surface area contributed by atoms with E-state index in [4.69, 9.17) is 27.9 Å². The summed E-state index contributed by atoms with van der Waals surface area (Å²) in [5, 5.41) is 3.47. The molecule has 7 heteroatoms. The van der Waals surface area contributed by atoms with Crippen LogP contribution < -0.4 is 5.32 Å². The number of ether oxygens (including phenoxy) is 1. The number of benzene rings is 2. The van der Waals surface area contributed by atoms with Crippen LogP contribution in [0.25, 0.3) is 0 Å². The monoisotopic (exact) mass is 391 g/mol. The molecule has 0 saturated carbocycles. The molecule has 0 unspecified atom stereocenters. The van der Waals surface area contributed by atoms with Gasteiger partial charge in [-0.1, -0.05) is 29.3 Å². The number of carbonyl (C=O) groups excluding carboxylic acids is 3. The van der Waals surface area contributed by atoms with Crippen molar-refractivity contribution in [3.63, 3.8) is 0 Å². The zero-order valence-electron chi connectivity index (χ0n) is 13.8. The van der Waals surface area contributed by atoms with Crippen molar-refractivity contribution in [2.24, 2.45) is 0 Å². The minimum Gasteiger partial charge on any atom is -0.457 e. The molecule has 0 aromatic heterocycles. The number of halogens is 2. The molecular formula is C19H15Cl2NO4. The Morgan fingerprint density at radius 3 is 2.54 bits per heavy atom. The molecule has 0 radical (unpaired) electrons. The molecule has 26 heavy (non-hydrogen) atoms. The third-order valence-electron chi connectivity index (χ3n) is 4.24. The molecule has 1 aliphatic heterocycles. The van der Waals surface area contributed by atoms with Crippen LogP contribution in [0.4, 0.5) is 5.69 Å². The van der Waals surface area contributed by atoms with Crippen LogP contribution in [0.5, 0.6) is 0 Å². The van der Waals surface area contributed by atoms with Crippen molar-refractivity contribution in [3.8, 4) is 0 Å². The summed E-state index contributed by atoms with van der Waals surface area (Å²) in [6, 6.07) is 9.86. The fraction of sp³-hybridized carbons (Fsp3) is 0.211. The standard InChI is InChI=1S/C19H15Cl2NO4/c1-10-12-7-11(5-6-16(12)22-19(10)25)17(23)9-26-18(24)8-13-14(20)3-2-4-15(13)21/h2-7,10H,8-9H2,1H3,(H,22,25)/t10-/m0/s1. The zero-order valence-corrected chi connectivity index (χ0v) is 15.4. The molecular weight excluding hydrogens is 377 g/mol. The highest BCUT2D eigenvalue weighted by Gasteiger charge is 2.27. The Morgan fingerprint density at radius 2 is 1.85 bits per heavy atom. The summed E-state index contributed by atoms with van der Waals surface area (Å²) in [6.07, 6.45) is -0.120. The molecule has 0 fully saturated rings. The van der Waals surface area contributed by atoms with Gasteiger partial charge in [-0.15, -0.1) is 0 Å². The quantitative estimate of drug-likeness (QED) is 0.616. The largest absolute Gasteiger partial charge is 0.457 e. The van der Waals surface area contributed by atoms with Gasteiger partial charge in [0.1, 0.15) is 0 Å². The smallest absolute Gasteiger partial charge is 0.310 e. The van der Waals surface area contributed by atoms with E-state index in [0.717, 1.165) is 5.56 Å². The van der Waals surface area contributed by atoms with Gasteiger partial charge in [0.05, 0.1) is 12.3 Å². The average molecular weight is 392 g/mol. The molecule has 5 nitrogen and oxygen atoms in total. The van der Waals surface area contributed by atoms with Gasteiger partial charge in [0.15, 0.2) is 12.4 Å². The van der Waals surface area contributed by atoms with E-state index in [1.54, 1.807) is 43.3 Å². The molecule has 134 valence electrons.